The zero-order chi connectivity index (χ0) is 14.9. The number of benzene rings is 1. The van der Waals surface area contributed by atoms with Gasteiger partial charge in [0.1, 0.15) is 0 Å². The third kappa shape index (κ3) is 1.54. The molecule has 21 heavy (non-hydrogen) atoms. The zero-order valence-corrected chi connectivity index (χ0v) is 11.8. The second-order valence-corrected chi connectivity index (χ2v) is 6.47. The van der Waals surface area contributed by atoms with Gasteiger partial charge in [0.15, 0.2) is 0 Å². The molecule has 6 heteroatoms. The molecule has 2 amide bonds. The highest BCUT2D eigenvalue weighted by atomic mass is 35.5. The van der Waals surface area contributed by atoms with E-state index in [9.17, 15) is 19.8 Å². The van der Waals surface area contributed by atoms with Gasteiger partial charge in [-0.15, -0.1) is 0 Å². The Morgan fingerprint density at radius 3 is 2.05 bits per heavy atom. The van der Waals surface area contributed by atoms with Gasteiger partial charge in [0, 0.05) is 11.8 Å². The number of aliphatic hydroxyl groups is 2. The van der Waals surface area contributed by atoms with Crippen LogP contribution >= 0.6 is 11.6 Å². The van der Waals surface area contributed by atoms with Gasteiger partial charge < -0.3 is 10.2 Å². The van der Waals surface area contributed by atoms with Crippen LogP contribution < -0.4 is 4.90 Å². The van der Waals surface area contributed by atoms with Gasteiger partial charge in [-0.1, -0.05) is 23.7 Å². The number of hydrogen-bond donors (Lipinski definition) is 2. The quantitative estimate of drug-likeness (QED) is 0.753. The van der Waals surface area contributed by atoms with Crippen LogP contribution in [0.15, 0.2) is 24.3 Å². The lowest BCUT2D eigenvalue weighted by atomic mass is 9.78. The molecule has 2 saturated carbocycles. The number of aliphatic hydroxyl groups excluding tert-OH is 2. The SMILES string of the molecule is O=C1[C@H]2[C@@H]3C[C@H]([C@H](O)[C@H]3O)[C@@H]2C(=O)N1c1ccccc1Cl. The summed E-state index contributed by atoms with van der Waals surface area (Å²) in [5.74, 6) is -2.35. The molecule has 0 aromatic heterocycles. The number of nitrogens with zero attached hydrogens (tertiary/aromatic N) is 1. The van der Waals surface area contributed by atoms with Crippen molar-refractivity contribution in [3.8, 4) is 0 Å². The van der Waals surface area contributed by atoms with Crippen molar-refractivity contribution in [2.24, 2.45) is 23.7 Å². The Bertz CT molecular complexity index is 616. The molecular weight excluding hydrogens is 294 g/mol. The Morgan fingerprint density at radius 1 is 1.00 bits per heavy atom. The number of para-hydroxylation sites is 1. The van der Waals surface area contributed by atoms with E-state index in [4.69, 9.17) is 11.6 Å². The van der Waals surface area contributed by atoms with Crippen LogP contribution in [0.25, 0.3) is 0 Å². The number of carbonyl (C=O) groups is 2. The van der Waals surface area contributed by atoms with Crippen LogP contribution in [0.5, 0.6) is 0 Å². The minimum Gasteiger partial charge on any atom is -0.390 e. The maximum Gasteiger partial charge on any atom is 0.238 e. The molecule has 1 heterocycles. The molecule has 2 N–H and O–H groups in total. The van der Waals surface area contributed by atoms with Crippen molar-refractivity contribution in [1.29, 1.82) is 0 Å². The summed E-state index contributed by atoms with van der Waals surface area (Å²) in [6.45, 7) is 0. The van der Waals surface area contributed by atoms with Crippen LogP contribution in [0.3, 0.4) is 0 Å². The molecule has 3 fully saturated rings. The van der Waals surface area contributed by atoms with Crippen LogP contribution in [0.2, 0.25) is 5.02 Å². The third-order valence-corrected chi connectivity index (χ3v) is 5.51. The van der Waals surface area contributed by atoms with Gasteiger partial charge in [-0.25, -0.2) is 4.90 Å². The Hall–Kier alpha value is -1.43. The Labute approximate surface area is 126 Å². The molecule has 0 radical (unpaired) electrons. The number of amides is 2. The molecule has 110 valence electrons. The number of rotatable bonds is 1. The lowest BCUT2D eigenvalue weighted by molar-refractivity contribution is -0.129. The number of fused-ring (bicyclic) bond motifs is 5. The molecule has 1 saturated heterocycles. The first-order valence-corrected chi connectivity index (χ1v) is 7.38. The number of halogens is 1. The fourth-order valence-electron chi connectivity index (χ4n) is 4.30. The fraction of sp³-hybridized carbons (Fsp3) is 0.467. The summed E-state index contributed by atoms with van der Waals surface area (Å²) in [5, 5.41) is 20.3. The fourth-order valence-corrected chi connectivity index (χ4v) is 4.52. The molecule has 2 aliphatic carbocycles. The maximum atomic E-state index is 12.6. The molecule has 0 unspecified atom stereocenters. The summed E-state index contributed by atoms with van der Waals surface area (Å²) >= 11 is 6.09. The van der Waals surface area contributed by atoms with Crippen molar-refractivity contribution < 1.29 is 19.8 Å². The van der Waals surface area contributed by atoms with Gasteiger partial charge in [0.25, 0.3) is 0 Å². The van der Waals surface area contributed by atoms with Gasteiger partial charge in [-0.2, -0.15) is 0 Å². The highest BCUT2D eigenvalue weighted by Crippen LogP contribution is 2.57. The monoisotopic (exact) mass is 307 g/mol. The predicted octanol–water partition coefficient (Wildman–Crippen LogP) is 0.817. The highest BCUT2D eigenvalue weighted by molar-refractivity contribution is 6.36. The van der Waals surface area contributed by atoms with Gasteiger partial charge in [-0.05, 0) is 18.6 Å². The second kappa shape index (κ2) is 4.29. The summed E-state index contributed by atoms with van der Waals surface area (Å²) in [5.41, 5.74) is 0.381. The van der Waals surface area contributed by atoms with E-state index in [-0.39, 0.29) is 23.7 Å². The van der Waals surface area contributed by atoms with Gasteiger partial charge in [0.05, 0.1) is 34.8 Å². The first-order chi connectivity index (χ1) is 10.0. The van der Waals surface area contributed by atoms with Crippen molar-refractivity contribution >= 4 is 29.1 Å². The van der Waals surface area contributed by atoms with Crippen LogP contribution in [-0.4, -0.2) is 34.2 Å². The molecule has 6 atom stereocenters. The molecule has 3 aliphatic rings. The summed E-state index contributed by atoms with van der Waals surface area (Å²) in [6.07, 6.45) is -1.30. The lowest BCUT2D eigenvalue weighted by Crippen LogP contribution is -2.43. The Kier molecular flexibility index (Phi) is 2.70. The standard InChI is InChI=1S/C15H14ClNO4/c16-8-3-1-2-4-9(8)17-14(20)10-6-5-7(11(10)15(17)21)13(19)12(6)18/h1-4,6-7,10-13,18-19H,5H2/t6-,7-,10-,11-,12-,13-/m0/s1. The highest BCUT2D eigenvalue weighted by Gasteiger charge is 2.67. The number of imide groups is 1. The summed E-state index contributed by atoms with van der Waals surface area (Å²) in [4.78, 5) is 26.4. The minimum atomic E-state index is -0.917. The predicted molar refractivity (Wildman–Crippen MR) is 74.5 cm³/mol. The van der Waals surface area contributed by atoms with E-state index in [0.29, 0.717) is 17.1 Å². The third-order valence-electron chi connectivity index (χ3n) is 5.19. The lowest BCUT2D eigenvalue weighted by Gasteiger charge is -2.29. The van der Waals surface area contributed by atoms with Gasteiger partial charge in [0.2, 0.25) is 11.8 Å². The number of anilines is 1. The Morgan fingerprint density at radius 2 is 1.52 bits per heavy atom. The van der Waals surface area contributed by atoms with E-state index in [0.717, 1.165) is 4.90 Å². The molecule has 1 aromatic rings. The van der Waals surface area contributed by atoms with Crippen molar-refractivity contribution in [1.82, 2.24) is 0 Å². The van der Waals surface area contributed by atoms with Gasteiger partial charge >= 0.3 is 0 Å². The molecule has 0 spiro atoms. The molecule has 5 nitrogen and oxygen atoms in total. The molecule has 1 aromatic carbocycles. The van der Waals surface area contributed by atoms with Crippen LogP contribution in [0.4, 0.5) is 5.69 Å². The van der Waals surface area contributed by atoms with Crippen LogP contribution in [0.1, 0.15) is 6.42 Å². The molecule has 1 aliphatic heterocycles. The van der Waals surface area contributed by atoms with Gasteiger partial charge in [-0.3, -0.25) is 9.59 Å². The molecule has 4 rings (SSSR count). The average molecular weight is 308 g/mol. The second-order valence-electron chi connectivity index (χ2n) is 6.06. The van der Waals surface area contributed by atoms with E-state index >= 15 is 0 Å². The average Bonchev–Trinajstić information content (AvgIpc) is 3.06. The van der Waals surface area contributed by atoms with Crippen molar-refractivity contribution in [2.75, 3.05) is 4.90 Å². The summed E-state index contributed by atoms with van der Waals surface area (Å²) < 4.78 is 0. The first-order valence-electron chi connectivity index (χ1n) is 7.01. The Balaban J connectivity index is 1.77. The molecular formula is C15H14ClNO4. The maximum absolute atomic E-state index is 12.6. The van der Waals surface area contributed by atoms with Crippen LogP contribution in [0, 0.1) is 23.7 Å². The van der Waals surface area contributed by atoms with E-state index in [1.54, 1.807) is 24.3 Å². The number of carbonyl (C=O) groups excluding carboxylic acids is 2. The van der Waals surface area contributed by atoms with Crippen molar-refractivity contribution in [3.05, 3.63) is 29.3 Å². The normalized spacial score (nSPS) is 41.0. The van der Waals surface area contributed by atoms with Crippen LogP contribution in [-0.2, 0) is 9.59 Å². The summed E-state index contributed by atoms with van der Waals surface area (Å²) in [6, 6.07) is 6.71. The smallest absolute Gasteiger partial charge is 0.238 e. The van der Waals surface area contributed by atoms with E-state index in [1.165, 1.54) is 0 Å². The minimum absolute atomic E-state index is 0.309. The topological polar surface area (TPSA) is 77.8 Å². The van der Waals surface area contributed by atoms with E-state index < -0.39 is 24.0 Å². The van der Waals surface area contributed by atoms with E-state index in [1.807, 2.05) is 0 Å². The van der Waals surface area contributed by atoms with Crippen molar-refractivity contribution in [2.45, 2.75) is 18.6 Å². The molecule has 2 bridgehead atoms. The largest absolute Gasteiger partial charge is 0.390 e. The van der Waals surface area contributed by atoms with Crippen molar-refractivity contribution in [3.63, 3.8) is 0 Å². The van der Waals surface area contributed by atoms with E-state index in [2.05, 4.69) is 0 Å². The summed E-state index contributed by atoms with van der Waals surface area (Å²) in [7, 11) is 0. The number of hydrogen-bond acceptors (Lipinski definition) is 4. The first kappa shape index (κ1) is 13.2. The zero-order valence-electron chi connectivity index (χ0n) is 11.0.